The van der Waals surface area contributed by atoms with Gasteiger partial charge in [0.05, 0.1) is 6.61 Å². The Kier molecular flexibility index (Phi) is 4.73. The quantitative estimate of drug-likeness (QED) is 0.439. The third kappa shape index (κ3) is 3.48. The Bertz CT molecular complexity index is 1070. The van der Waals surface area contributed by atoms with Crippen LogP contribution in [0.15, 0.2) is 85.1 Å². The minimum atomic E-state index is -0.528. The summed E-state index contributed by atoms with van der Waals surface area (Å²) < 4.78 is 0. The lowest BCUT2D eigenvalue weighted by atomic mass is 9.96. The molecule has 0 unspecified atom stereocenters. The van der Waals surface area contributed by atoms with E-state index in [0.29, 0.717) is 5.56 Å². The van der Waals surface area contributed by atoms with E-state index in [-0.39, 0.29) is 12.4 Å². The molecule has 4 aromatic rings. The number of H-pyrrole nitrogens is 1. The molecule has 0 saturated carbocycles. The smallest absolute Gasteiger partial charge is 0.191 e. The van der Waals surface area contributed by atoms with E-state index in [2.05, 4.69) is 10.3 Å². The maximum atomic E-state index is 13.4. The molecule has 134 valence electrons. The third-order valence-corrected chi connectivity index (χ3v) is 4.67. The summed E-state index contributed by atoms with van der Waals surface area (Å²) in [7, 11) is 0. The number of aromatic amines is 1. The summed E-state index contributed by atoms with van der Waals surface area (Å²) >= 11 is 0. The summed E-state index contributed by atoms with van der Waals surface area (Å²) in [6, 6.07) is 24.4. The van der Waals surface area contributed by atoms with E-state index in [1.807, 2.05) is 78.9 Å². The summed E-state index contributed by atoms with van der Waals surface area (Å²) in [6.07, 6.45) is 1.77. The zero-order valence-electron chi connectivity index (χ0n) is 14.7. The zero-order valence-corrected chi connectivity index (χ0v) is 14.7. The Balaban J connectivity index is 1.74. The maximum Gasteiger partial charge on any atom is 0.191 e. The summed E-state index contributed by atoms with van der Waals surface area (Å²) in [5, 5.41) is 13.7. The van der Waals surface area contributed by atoms with Gasteiger partial charge in [-0.25, -0.2) is 0 Å². The number of fused-ring (bicyclic) bond motifs is 1. The van der Waals surface area contributed by atoms with Crippen molar-refractivity contribution in [3.05, 3.63) is 102 Å². The number of carbonyl (C=O) groups is 1. The van der Waals surface area contributed by atoms with E-state index in [1.54, 1.807) is 6.20 Å². The van der Waals surface area contributed by atoms with Crippen LogP contribution in [-0.2, 0) is 6.61 Å². The largest absolute Gasteiger partial charge is 0.392 e. The molecule has 4 heteroatoms. The molecule has 1 heterocycles. The van der Waals surface area contributed by atoms with Gasteiger partial charge in [0, 0.05) is 28.4 Å². The number of aromatic nitrogens is 1. The van der Waals surface area contributed by atoms with Crippen LogP contribution in [0.1, 0.15) is 27.5 Å². The van der Waals surface area contributed by atoms with Gasteiger partial charge in [0.15, 0.2) is 5.78 Å². The van der Waals surface area contributed by atoms with Crippen LogP contribution < -0.4 is 5.32 Å². The lowest BCUT2D eigenvalue weighted by molar-refractivity contribution is 0.0971. The van der Waals surface area contributed by atoms with Gasteiger partial charge in [-0.05, 0) is 29.3 Å². The van der Waals surface area contributed by atoms with Crippen molar-refractivity contribution in [3.63, 3.8) is 0 Å². The Morgan fingerprint density at radius 2 is 1.74 bits per heavy atom. The van der Waals surface area contributed by atoms with Crippen LogP contribution >= 0.6 is 0 Å². The molecule has 4 rings (SSSR count). The molecule has 4 nitrogen and oxygen atoms in total. The van der Waals surface area contributed by atoms with Gasteiger partial charge in [0.1, 0.15) is 6.04 Å². The van der Waals surface area contributed by atoms with Gasteiger partial charge in [-0.3, -0.25) is 4.79 Å². The number of benzene rings is 3. The molecule has 0 spiro atoms. The number of Topliss-reactive ketones (excluding diaryl/α,β-unsaturated/α-hetero) is 1. The van der Waals surface area contributed by atoms with Crippen molar-refractivity contribution in [2.24, 2.45) is 0 Å². The lowest BCUT2D eigenvalue weighted by Gasteiger charge is -2.19. The van der Waals surface area contributed by atoms with Crippen LogP contribution in [0.3, 0.4) is 0 Å². The molecule has 0 fully saturated rings. The number of hydrogen-bond donors (Lipinski definition) is 3. The second-order valence-corrected chi connectivity index (χ2v) is 6.46. The molecule has 0 amide bonds. The average Bonchev–Trinajstić information content (AvgIpc) is 3.16. The van der Waals surface area contributed by atoms with Crippen LogP contribution in [-0.4, -0.2) is 15.9 Å². The predicted molar refractivity (Wildman–Crippen MR) is 108 cm³/mol. The Morgan fingerprint density at radius 3 is 2.56 bits per heavy atom. The first-order valence-corrected chi connectivity index (χ1v) is 8.88. The summed E-state index contributed by atoms with van der Waals surface area (Å²) in [4.78, 5) is 16.6. The van der Waals surface area contributed by atoms with E-state index in [1.165, 1.54) is 0 Å². The first-order chi connectivity index (χ1) is 13.3. The Morgan fingerprint density at radius 1 is 0.963 bits per heavy atom. The van der Waals surface area contributed by atoms with Crippen molar-refractivity contribution in [1.29, 1.82) is 0 Å². The molecule has 0 saturated heterocycles. The normalized spacial score (nSPS) is 12.0. The fourth-order valence-corrected chi connectivity index (χ4v) is 3.30. The zero-order chi connectivity index (χ0) is 18.6. The van der Waals surface area contributed by atoms with Crippen LogP contribution in [0, 0.1) is 0 Å². The van der Waals surface area contributed by atoms with Crippen molar-refractivity contribution in [1.82, 2.24) is 4.98 Å². The molecule has 3 N–H and O–H groups in total. The molecule has 0 bridgehead atoms. The molecular weight excluding hydrogens is 336 g/mol. The second-order valence-electron chi connectivity index (χ2n) is 6.46. The van der Waals surface area contributed by atoms with Gasteiger partial charge in [0.2, 0.25) is 0 Å². The summed E-state index contributed by atoms with van der Waals surface area (Å²) in [5.41, 5.74) is 4.08. The van der Waals surface area contributed by atoms with Crippen molar-refractivity contribution in [2.45, 2.75) is 12.6 Å². The highest BCUT2D eigenvalue weighted by Crippen LogP contribution is 2.28. The van der Waals surface area contributed by atoms with Crippen LogP contribution in [0.25, 0.3) is 10.9 Å². The van der Waals surface area contributed by atoms with Gasteiger partial charge >= 0.3 is 0 Å². The van der Waals surface area contributed by atoms with E-state index in [4.69, 9.17) is 0 Å². The molecule has 27 heavy (non-hydrogen) atoms. The first kappa shape index (κ1) is 17.1. The highest BCUT2D eigenvalue weighted by Gasteiger charge is 2.24. The van der Waals surface area contributed by atoms with Crippen LogP contribution in [0.2, 0.25) is 0 Å². The molecule has 1 atom stereocenters. The number of aliphatic hydroxyl groups excluding tert-OH is 1. The van der Waals surface area contributed by atoms with Crippen LogP contribution in [0.4, 0.5) is 5.69 Å². The van der Waals surface area contributed by atoms with Gasteiger partial charge < -0.3 is 15.4 Å². The third-order valence-electron chi connectivity index (χ3n) is 4.67. The number of hydrogen-bond acceptors (Lipinski definition) is 3. The standard InChI is InChI=1S/C23H20N2O2/c26-15-16-7-6-10-18(13-16)25-22(17-8-2-1-3-9-17)23(27)20-14-24-21-12-5-4-11-19(20)21/h1-14,22,24-26H,15H2/t22-/m1/s1. The molecule has 0 aliphatic carbocycles. The molecule has 0 aliphatic rings. The average molecular weight is 356 g/mol. The number of anilines is 1. The fourth-order valence-electron chi connectivity index (χ4n) is 3.30. The maximum absolute atomic E-state index is 13.4. The van der Waals surface area contributed by atoms with E-state index < -0.39 is 6.04 Å². The minimum absolute atomic E-state index is 0.00643. The highest BCUT2D eigenvalue weighted by molar-refractivity contribution is 6.11. The SMILES string of the molecule is O=C(c1c[nH]c2ccccc12)[C@H](Nc1cccc(CO)c1)c1ccccc1. The lowest BCUT2D eigenvalue weighted by Crippen LogP contribution is -2.21. The van der Waals surface area contributed by atoms with Crippen molar-refractivity contribution >= 4 is 22.4 Å². The number of carbonyl (C=O) groups excluding carboxylic acids is 1. The topological polar surface area (TPSA) is 65.1 Å². The van der Waals surface area contributed by atoms with Gasteiger partial charge in [-0.2, -0.15) is 0 Å². The monoisotopic (exact) mass is 356 g/mol. The van der Waals surface area contributed by atoms with Crippen LogP contribution in [0.5, 0.6) is 0 Å². The number of para-hydroxylation sites is 1. The van der Waals surface area contributed by atoms with Gasteiger partial charge in [-0.15, -0.1) is 0 Å². The first-order valence-electron chi connectivity index (χ1n) is 8.88. The van der Waals surface area contributed by atoms with E-state index in [0.717, 1.165) is 27.7 Å². The molecule has 0 radical (unpaired) electrons. The number of nitrogens with one attached hydrogen (secondary N) is 2. The fraction of sp³-hybridized carbons (Fsp3) is 0.0870. The second kappa shape index (κ2) is 7.48. The molecule has 1 aromatic heterocycles. The molecule has 3 aromatic carbocycles. The van der Waals surface area contributed by atoms with Gasteiger partial charge in [0.25, 0.3) is 0 Å². The Labute approximate surface area is 157 Å². The van der Waals surface area contributed by atoms with Gasteiger partial charge in [-0.1, -0.05) is 60.7 Å². The summed E-state index contributed by atoms with van der Waals surface area (Å²) in [5.74, 6) is -0.00643. The van der Waals surface area contributed by atoms with Crippen molar-refractivity contribution < 1.29 is 9.90 Å². The highest BCUT2D eigenvalue weighted by atomic mass is 16.3. The molecule has 0 aliphatic heterocycles. The predicted octanol–water partition coefficient (Wildman–Crippen LogP) is 4.70. The minimum Gasteiger partial charge on any atom is -0.392 e. The summed E-state index contributed by atoms with van der Waals surface area (Å²) in [6.45, 7) is -0.0398. The van der Waals surface area contributed by atoms with E-state index >= 15 is 0 Å². The van der Waals surface area contributed by atoms with E-state index in [9.17, 15) is 9.90 Å². The number of aliphatic hydroxyl groups is 1. The molecular formula is C23H20N2O2. The Hall–Kier alpha value is -3.37. The van der Waals surface area contributed by atoms with Crippen molar-refractivity contribution in [3.8, 4) is 0 Å². The van der Waals surface area contributed by atoms with Crippen molar-refractivity contribution in [2.75, 3.05) is 5.32 Å². The number of rotatable bonds is 6. The number of ketones is 1.